The van der Waals surface area contributed by atoms with Crippen LogP contribution < -0.4 is 0 Å². The maximum absolute atomic E-state index is 6.28. The van der Waals surface area contributed by atoms with E-state index in [2.05, 4.69) is 22.1 Å². The standard InChI is InChI=1S/C21H12ClN3S/c22-13-9-10-19-16(11-13)20(14-5-1-4-8-18(14)25-19)26-21-15-6-2-3-7-17(15)23-12-24-21/h1-12H. The highest BCUT2D eigenvalue weighted by Gasteiger charge is 2.13. The fourth-order valence-electron chi connectivity index (χ4n) is 3.09. The van der Waals surface area contributed by atoms with Crippen LogP contribution in [-0.4, -0.2) is 15.0 Å². The lowest BCUT2D eigenvalue weighted by Gasteiger charge is -2.11. The Bertz CT molecular complexity index is 1280. The average molecular weight is 374 g/mol. The van der Waals surface area contributed by atoms with E-state index in [1.807, 2.05) is 54.6 Å². The molecule has 0 atom stereocenters. The molecule has 3 aromatic carbocycles. The van der Waals surface area contributed by atoms with Crippen LogP contribution in [0.25, 0.3) is 32.7 Å². The Morgan fingerprint density at radius 1 is 0.692 bits per heavy atom. The van der Waals surface area contributed by atoms with Crippen molar-refractivity contribution in [1.82, 2.24) is 15.0 Å². The van der Waals surface area contributed by atoms with Crippen molar-refractivity contribution in [2.24, 2.45) is 0 Å². The quantitative estimate of drug-likeness (QED) is 0.275. The third kappa shape index (κ3) is 2.59. The highest BCUT2D eigenvalue weighted by Crippen LogP contribution is 2.40. The van der Waals surface area contributed by atoms with E-state index in [1.165, 1.54) is 0 Å². The van der Waals surface area contributed by atoms with Crippen LogP contribution in [0, 0.1) is 0 Å². The number of fused-ring (bicyclic) bond motifs is 3. The molecule has 3 nitrogen and oxygen atoms in total. The second-order valence-electron chi connectivity index (χ2n) is 5.92. The van der Waals surface area contributed by atoms with E-state index in [9.17, 15) is 0 Å². The van der Waals surface area contributed by atoms with Crippen molar-refractivity contribution in [2.45, 2.75) is 9.92 Å². The summed E-state index contributed by atoms with van der Waals surface area (Å²) in [6.07, 6.45) is 1.61. The van der Waals surface area contributed by atoms with E-state index in [-0.39, 0.29) is 0 Å². The first kappa shape index (κ1) is 15.6. The molecule has 5 rings (SSSR count). The molecule has 0 radical (unpaired) electrons. The molecular weight excluding hydrogens is 362 g/mol. The Balaban J connectivity index is 1.82. The normalized spacial score (nSPS) is 11.4. The van der Waals surface area contributed by atoms with Gasteiger partial charge in [0.05, 0.1) is 16.6 Å². The third-order valence-electron chi connectivity index (χ3n) is 4.30. The Hall–Kier alpha value is -2.69. The molecule has 124 valence electrons. The van der Waals surface area contributed by atoms with Crippen LogP contribution in [0.1, 0.15) is 0 Å². The molecule has 0 bridgehead atoms. The van der Waals surface area contributed by atoms with Gasteiger partial charge >= 0.3 is 0 Å². The van der Waals surface area contributed by atoms with Crippen LogP contribution in [-0.2, 0) is 0 Å². The summed E-state index contributed by atoms with van der Waals surface area (Å²) in [6, 6.07) is 22.0. The molecule has 2 heterocycles. The minimum atomic E-state index is 0.698. The summed E-state index contributed by atoms with van der Waals surface area (Å²) in [5, 5.41) is 4.78. The minimum Gasteiger partial charge on any atom is -0.248 e. The fraction of sp³-hybridized carbons (Fsp3) is 0. The Morgan fingerprint density at radius 2 is 1.42 bits per heavy atom. The fourth-order valence-corrected chi connectivity index (χ4v) is 4.40. The van der Waals surface area contributed by atoms with Crippen molar-refractivity contribution in [1.29, 1.82) is 0 Å². The first-order valence-electron chi connectivity index (χ1n) is 8.15. The number of aromatic nitrogens is 3. The minimum absolute atomic E-state index is 0.698. The van der Waals surface area contributed by atoms with E-state index in [0.29, 0.717) is 5.02 Å². The number of para-hydroxylation sites is 2. The van der Waals surface area contributed by atoms with E-state index in [1.54, 1.807) is 18.1 Å². The van der Waals surface area contributed by atoms with Gasteiger partial charge in [0.1, 0.15) is 11.4 Å². The number of pyridine rings is 1. The van der Waals surface area contributed by atoms with Crippen LogP contribution in [0.5, 0.6) is 0 Å². The molecule has 26 heavy (non-hydrogen) atoms. The van der Waals surface area contributed by atoms with Gasteiger partial charge in [0.15, 0.2) is 0 Å². The summed E-state index contributed by atoms with van der Waals surface area (Å²) in [6.45, 7) is 0. The van der Waals surface area contributed by atoms with E-state index in [0.717, 1.165) is 42.6 Å². The first-order chi connectivity index (χ1) is 12.8. The molecule has 0 saturated carbocycles. The predicted molar refractivity (Wildman–Crippen MR) is 108 cm³/mol. The lowest BCUT2D eigenvalue weighted by Crippen LogP contribution is -1.90. The second kappa shape index (κ2) is 6.24. The van der Waals surface area contributed by atoms with E-state index in [4.69, 9.17) is 16.6 Å². The zero-order chi connectivity index (χ0) is 17.5. The average Bonchev–Trinajstić information content (AvgIpc) is 2.68. The largest absolute Gasteiger partial charge is 0.248 e. The molecule has 2 aromatic heterocycles. The van der Waals surface area contributed by atoms with Gasteiger partial charge < -0.3 is 0 Å². The summed E-state index contributed by atoms with van der Waals surface area (Å²) >= 11 is 7.91. The van der Waals surface area contributed by atoms with Crippen molar-refractivity contribution < 1.29 is 0 Å². The SMILES string of the molecule is Clc1ccc2nc3ccccc3c(Sc3ncnc4ccccc34)c2c1. The number of rotatable bonds is 2. The van der Waals surface area contributed by atoms with Gasteiger partial charge in [-0.1, -0.05) is 59.8 Å². The number of halogens is 1. The number of benzene rings is 3. The van der Waals surface area contributed by atoms with Crippen LogP contribution in [0.15, 0.2) is 83.0 Å². The summed E-state index contributed by atoms with van der Waals surface area (Å²) in [7, 11) is 0. The number of hydrogen-bond donors (Lipinski definition) is 0. The second-order valence-corrected chi connectivity index (χ2v) is 7.35. The van der Waals surface area contributed by atoms with Crippen LogP contribution in [0.3, 0.4) is 0 Å². The smallest absolute Gasteiger partial charge is 0.117 e. The Morgan fingerprint density at radius 3 is 2.31 bits per heavy atom. The number of hydrogen-bond acceptors (Lipinski definition) is 4. The highest BCUT2D eigenvalue weighted by atomic mass is 35.5. The van der Waals surface area contributed by atoms with Crippen molar-refractivity contribution in [3.05, 3.63) is 78.1 Å². The summed E-state index contributed by atoms with van der Waals surface area (Å²) < 4.78 is 0. The molecule has 5 aromatic rings. The Labute approximate surface area is 159 Å². The zero-order valence-corrected chi connectivity index (χ0v) is 15.1. The molecule has 0 spiro atoms. The van der Waals surface area contributed by atoms with Gasteiger partial charge in [0, 0.05) is 26.1 Å². The monoisotopic (exact) mass is 373 g/mol. The molecule has 0 N–H and O–H groups in total. The highest BCUT2D eigenvalue weighted by molar-refractivity contribution is 8.00. The van der Waals surface area contributed by atoms with Crippen LogP contribution >= 0.6 is 23.4 Å². The molecule has 0 unspecified atom stereocenters. The maximum atomic E-state index is 6.28. The number of nitrogens with zero attached hydrogens (tertiary/aromatic N) is 3. The maximum Gasteiger partial charge on any atom is 0.117 e. The molecule has 5 heteroatoms. The van der Waals surface area contributed by atoms with Gasteiger partial charge in [-0.25, -0.2) is 15.0 Å². The molecule has 0 aliphatic rings. The molecule has 0 saturated heterocycles. The summed E-state index contributed by atoms with van der Waals surface area (Å²) in [4.78, 5) is 14.8. The summed E-state index contributed by atoms with van der Waals surface area (Å²) in [5.41, 5.74) is 2.82. The van der Waals surface area contributed by atoms with Crippen molar-refractivity contribution in [3.63, 3.8) is 0 Å². The van der Waals surface area contributed by atoms with Crippen LogP contribution in [0.4, 0.5) is 0 Å². The van der Waals surface area contributed by atoms with Crippen molar-refractivity contribution in [3.8, 4) is 0 Å². The van der Waals surface area contributed by atoms with Crippen molar-refractivity contribution >= 4 is 56.1 Å². The summed E-state index contributed by atoms with van der Waals surface area (Å²) in [5.74, 6) is 0. The van der Waals surface area contributed by atoms with Gasteiger partial charge in [-0.2, -0.15) is 0 Å². The lowest BCUT2D eigenvalue weighted by atomic mass is 10.1. The van der Waals surface area contributed by atoms with Gasteiger partial charge in [-0.05, 0) is 30.3 Å². The van der Waals surface area contributed by atoms with Gasteiger partial charge in [0.25, 0.3) is 0 Å². The van der Waals surface area contributed by atoms with E-state index >= 15 is 0 Å². The predicted octanol–water partition coefficient (Wildman–Crippen LogP) is 6.14. The Kier molecular flexibility index (Phi) is 3.73. The van der Waals surface area contributed by atoms with Crippen molar-refractivity contribution in [2.75, 3.05) is 0 Å². The topological polar surface area (TPSA) is 38.7 Å². The van der Waals surface area contributed by atoms with Gasteiger partial charge in [-0.3, -0.25) is 0 Å². The van der Waals surface area contributed by atoms with Gasteiger partial charge in [0.2, 0.25) is 0 Å². The van der Waals surface area contributed by atoms with Gasteiger partial charge in [-0.15, -0.1) is 0 Å². The molecule has 0 fully saturated rings. The third-order valence-corrected chi connectivity index (χ3v) is 5.70. The molecule has 0 aliphatic carbocycles. The first-order valence-corrected chi connectivity index (χ1v) is 9.35. The van der Waals surface area contributed by atoms with E-state index < -0.39 is 0 Å². The lowest BCUT2D eigenvalue weighted by molar-refractivity contribution is 1.10. The zero-order valence-electron chi connectivity index (χ0n) is 13.6. The molecule has 0 amide bonds. The van der Waals surface area contributed by atoms with Crippen LogP contribution in [0.2, 0.25) is 5.02 Å². The molecule has 0 aliphatic heterocycles. The molecular formula is C21H12ClN3S.